The van der Waals surface area contributed by atoms with Gasteiger partial charge >= 0.3 is 0 Å². The van der Waals surface area contributed by atoms with Gasteiger partial charge in [0.05, 0.1) is 18.8 Å². The lowest BCUT2D eigenvalue weighted by molar-refractivity contribution is -0.0688. The molecule has 1 saturated heterocycles. The van der Waals surface area contributed by atoms with E-state index in [1.54, 1.807) is 0 Å². The van der Waals surface area contributed by atoms with E-state index >= 15 is 0 Å². The van der Waals surface area contributed by atoms with Crippen LogP contribution in [0.5, 0.6) is 0 Å². The second-order valence-electron chi connectivity index (χ2n) is 5.95. The molecule has 0 aromatic heterocycles. The van der Waals surface area contributed by atoms with Crippen molar-refractivity contribution < 1.29 is 9.84 Å². The molecule has 0 aromatic carbocycles. The maximum absolute atomic E-state index is 10.3. The molecule has 1 atom stereocenters. The average molecular weight is 243 g/mol. The van der Waals surface area contributed by atoms with Gasteiger partial charge in [0, 0.05) is 5.54 Å². The number of nitrogens with zero attached hydrogens (tertiary/aromatic N) is 1. The normalized spacial score (nSPS) is 21.5. The van der Waals surface area contributed by atoms with E-state index < -0.39 is 6.10 Å². The minimum Gasteiger partial charge on any atom is -0.389 e. The molecule has 1 N–H and O–H groups in total. The lowest BCUT2D eigenvalue weighted by Crippen LogP contribution is -2.54. The van der Waals surface area contributed by atoms with Crippen LogP contribution in [0.15, 0.2) is 0 Å². The minimum atomic E-state index is -0.414. The molecule has 0 spiro atoms. The SMILES string of the molecule is CC(C)OCC(O)C(C)(C)N1CCCCCC1. The van der Waals surface area contributed by atoms with Gasteiger partial charge in [-0.2, -0.15) is 0 Å². The summed E-state index contributed by atoms with van der Waals surface area (Å²) in [5.41, 5.74) is -0.181. The van der Waals surface area contributed by atoms with Crippen molar-refractivity contribution in [2.45, 2.75) is 71.1 Å². The van der Waals surface area contributed by atoms with Gasteiger partial charge in [0.25, 0.3) is 0 Å². The number of aliphatic hydroxyl groups is 1. The Morgan fingerprint density at radius 2 is 1.65 bits per heavy atom. The summed E-state index contributed by atoms with van der Waals surface area (Å²) in [5.74, 6) is 0. The molecule has 3 nitrogen and oxygen atoms in total. The minimum absolute atomic E-state index is 0.181. The zero-order valence-corrected chi connectivity index (χ0v) is 11.9. The second kappa shape index (κ2) is 6.72. The van der Waals surface area contributed by atoms with E-state index in [4.69, 9.17) is 4.74 Å². The summed E-state index contributed by atoms with van der Waals surface area (Å²) in [6, 6.07) is 0. The smallest absolute Gasteiger partial charge is 0.0951 e. The molecule has 0 radical (unpaired) electrons. The Labute approximate surface area is 106 Å². The predicted octanol–water partition coefficient (Wildman–Crippen LogP) is 2.43. The van der Waals surface area contributed by atoms with Crippen LogP contribution in [-0.4, -0.2) is 47.4 Å². The first-order valence-corrected chi connectivity index (χ1v) is 6.99. The van der Waals surface area contributed by atoms with Gasteiger partial charge in [-0.25, -0.2) is 0 Å². The number of ether oxygens (including phenoxy) is 1. The first-order chi connectivity index (χ1) is 7.94. The van der Waals surface area contributed by atoms with Crippen molar-refractivity contribution >= 4 is 0 Å². The van der Waals surface area contributed by atoms with Crippen molar-refractivity contribution in [1.82, 2.24) is 4.90 Å². The van der Waals surface area contributed by atoms with Crippen molar-refractivity contribution in [2.24, 2.45) is 0 Å². The van der Waals surface area contributed by atoms with Crippen LogP contribution in [-0.2, 0) is 4.74 Å². The summed E-state index contributed by atoms with van der Waals surface area (Å²) < 4.78 is 5.54. The molecule has 0 aliphatic carbocycles. The Balaban J connectivity index is 2.51. The summed E-state index contributed by atoms with van der Waals surface area (Å²) in [4.78, 5) is 2.42. The highest BCUT2D eigenvalue weighted by molar-refractivity contribution is 4.89. The Kier molecular flexibility index (Phi) is 5.90. The third kappa shape index (κ3) is 4.57. The van der Waals surface area contributed by atoms with E-state index in [1.807, 2.05) is 13.8 Å². The van der Waals surface area contributed by atoms with Gasteiger partial charge in [-0.15, -0.1) is 0 Å². The number of aliphatic hydroxyl groups excluding tert-OH is 1. The van der Waals surface area contributed by atoms with E-state index in [9.17, 15) is 5.11 Å². The monoisotopic (exact) mass is 243 g/mol. The molecule has 1 aliphatic rings. The summed E-state index contributed by atoms with van der Waals surface area (Å²) in [6.45, 7) is 10.9. The van der Waals surface area contributed by atoms with Gasteiger partial charge in [-0.1, -0.05) is 12.8 Å². The highest BCUT2D eigenvalue weighted by atomic mass is 16.5. The van der Waals surface area contributed by atoms with Crippen molar-refractivity contribution in [3.05, 3.63) is 0 Å². The zero-order chi connectivity index (χ0) is 12.9. The Hall–Kier alpha value is -0.120. The van der Waals surface area contributed by atoms with Crippen molar-refractivity contribution in [3.8, 4) is 0 Å². The van der Waals surface area contributed by atoms with Crippen LogP contribution in [0.1, 0.15) is 53.4 Å². The topological polar surface area (TPSA) is 32.7 Å². The Morgan fingerprint density at radius 1 is 1.12 bits per heavy atom. The van der Waals surface area contributed by atoms with Gasteiger partial charge in [0.1, 0.15) is 0 Å². The number of likely N-dealkylation sites (tertiary alicyclic amines) is 1. The zero-order valence-electron chi connectivity index (χ0n) is 11.9. The molecule has 0 saturated carbocycles. The third-order valence-corrected chi connectivity index (χ3v) is 3.82. The summed E-state index contributed by atoms with van der Waals surface area (Å²) in [5, 5.41) is 10.3. The van der Waals surface area contributed by atoms with E-state index in [0.29, 0.717) is 6.61 Å². The summed E-state index contributed by atoms with van der Waals surface area (Å²) >= 11 is 0. The Morgan fingerprint density at radius 3 is 2.12 bits per heavy atom. The van der Waals surface area contributed by atoms with Crippen molar-refractivity contribution in [2.75, 3.05) is 19.7 Å². The second-order valence-corrected chi connectivity index (χ2v) is 5.95. The standard InChI is InChI=1S/C14H29NO2/c1-12(2)17-11-13(16)14(3,4)15-9-7-5-6-8-10-15/h12-13,16H,5-11H2,1-4H3. The van der Waals surface area contributed by atoms with Gasteiger partial charge in [-0.3, -0.25) is 4.90 Å². The molecule has 1 unspecified atom stereocenters. The molecule has 1 fully saturated rings. The third-order valence-electron chi connectivity index (χ3n) is 3.82. The van der Waals surface area contributed by atoms with Crippen LogP contribution in [0.2, 0.25) is 0 Å². The molecule has 3 heteroatoms. The molecular formula is C14H29NO2. The fraction of sp³-hybridized carbons (Fsp3) is 1.00. The number of rotatable bonds is 5. The van der Waals surface area contributed by atoms with Crippen LogP contribution in [0, 0.1) is 0 Å². The number of hydrogen-bond acceptors (Lipinski definition) is 3. The van der Waals surface area contributed by atoms with Gasteiger partial charge in [0.15, 0.2) is 0 Å². The molecule has 17 heavy (non-hydrogen) atoms. The van der Waals surface area contributed by atoms with Crippen LogP contribution < -0.4 is 0 Å². The van der Waals surface area contributed by atoms with Crippen LogP contribution >= 0.6 is 0 Å². The molecule has 1 heterocycles. The van der Waals surface area contributed by atoms with Crippen LogP contribution in [0.4, 0.5) is 0 Å². The quantitative estimate of drug-likeness (QED) is 0.805. The van der Waals surface area contributed by atoms with Crippen molar-refractivity contribution in [3.63, 3.8) is 0 Å². The highest BCUT2D eigenvalue weighted by Crippen LogP contribution is 2.23. The van der Waals surface area contributed by atoms with Gasteiger partial charge in [0.2, 0.25) is 0 Å². The lowest BCUT2D eigenvalue weighted by Gasteiger charge is -2.41. The largest absolute Gasteiger partial charge is 0.389 e. The van der Waals surface area contributed by atoms with E-state index in [1.165, 1.54) is 25.7 Å². The molecule has 1 aliphatic heterocycles. The molecular weight excluding hydrogens is 214 g/mol. The van der Waals surface area contributed by atoms with Crippen LogP contribution in [0.25, 0.3) is 0 Å². The van der Waals surface area contributed by atoms with Gasteiger partial charge < -0.3 is 9.84 Å². The summed E-state index contributed by atoms with van der Waals surface area (Å²) in [6.07, 6.45) is 4.92. The van der Waals surface area contributed by atoms with E-state index in [2.05, 4.69) is 18.7 Å². The molecule has 0 bridgehead atoms. The fourth-order valence-corrected chi connectivity index (χ4v) is 2.35. The van der Waals surface area contributed by atoms with Crippen molar-refractivity contribution in [1.29, 1.82) is 0 Å². The first-order valence-electron chi connectivity index (χ1n) is 6.99. The van der Waals surface area contributed by atoms with E-state index in [0.717, 1.165) is 13.1 Å². The predicted molar refractivity (Wildman–Crippen MR) is 71.2 cm³/mol. The number of hydrogen-bond donors (Lipinski definition) is 1. The summed E-state index contributed by atoms with van der Waals surface area (Å²) in [7, 11) is 0. The first kappa shape index (κ1) is 14.9. The molecule has 1 rings (SSSR count). The van der Waals surface area contributed by atoms with E-state index in [-0.39, 0.29) is 11.6 Å². The van der Waals surface area contributed by atoms with Gasteiger partial charge in [-0.05, 0) is 53.6 Å². The highest BCUT2D eigenvalue weighted by Gasteiger charge is 2.34. The maximum atomic E-state index is 10.3. The van der Waals surface area contributed by atoms with Crippen LogP contribution in [0.3, 0.4) is 0 Å². The molecule has 102 valence electrons. The fourth-order valence-electron chi connectivity index (χ4n) is 2.35. The lowest BCUT2D eigenvalue weighted by atomic mass is 9.95. The Bertz CT molecular complexity index is 208. The molecule has 0 amide bonds. The molecule has 0 aromatic rings. The average Bonchev–Trinajstić information content (AvgIpc) is 2.54. The maximum Gasteiger partial charge on any atom is 0.0951 e.